The number of nitrogens with zero attached hydrogens (tertiary/aromatic N) is 5. The molecule has 0 saturated carbocycles. The molecule has 10 heteroatoms. The molecule has 37 heavy (non-hydrogen) atoms. The van der Waals surface area contributed by atoms with E-state index < -0.39 is 0 Å². The first kappa shape index (κ1) is 22.5. The van der Waals surface area contributed by atoms with Crippen LogP contribution < -0.4 is 5.32 Å². The third-order valence-corrected chi connectivity index (χ3v) is 6.05. The summed E-state index contributed by atoms with van der Waals surface area (Å²) in [6.45, 7) is 3.64. The van der Waals surface area contributed by atoms with Crippen molar-refractivity contribution >= 4 is 33.8 Å². The van der Waals surface area contributed by atoms with Gasteiger partial charge in [0.05, 0.1) is 17.3 Å². The van der Waals surface area contributed by atoms with E-state index in [9.17, 15) is 9.18 Å². The second kappa shape index (κ2) is 8.90. The van der Waals surface area contributed by atoms with Gasteiger partial charge in [-0.05, 0) is 48.4 Å². The summed E-state index contributed by atoms with van der Waals surface area (Å²) in [6, 6.07) is 10.5. The molecule has 6 rings (SSSR count). The van der Waals surface area contributed by atoms with Crippen LogP contribution in [0.3, 0.4) is 0 Å². The number of aryl methyl sites for hydroxylation is 1. The monoisotopic (exact) mass is 492 g/mol. The smallest absolute Gasteiger partial charge is 0.224 e. The van der Waals surface area contributed by atoms with E-state index in [1.165, 1.54) is 12.1 Å². The van der Waals surface area contributed by atoms with Crippen LogP contribution in [0.15, 0.2) is 61.2 Å². The predicted octanol–water partition coefficient (Wildman–Crippen LogP) is 5.42. The summed E-state index contributed by atoms with van der Waals surface area (Å²) in [5.74, 6) is 0.117. The maximum atomic E-state index is 14.1. The lowest BCUT2D eigenvalue weighted by atomic mass is 10.0. The van der Waals surface area contributed by atoms with Gasteiger partial charge < -0.3 is 10.3 Å². The van der Waals surface area contributed by atoms with Gasteiger partial charge in [0.15, 0.2) is 17.1 Å². The zero-order valence-electron chi connectivity index (χ0n) is 20.0. The first-order valence-corrected chi connectivity index (χ1v) is 11.7. The first-order chi connectivity index (χ1) is 18.0. The van der Waals surface area contributed by atoms with Gasteiger partial charge in [-0.2, -0.15) is 5.10 Å². The molecule has 9 nitrogen and oxygen atoms in total. The second-order valence-electron chi connectivity index (χ2n) is 8.71. The Morgan fingerprint density at radius 1 is 1.00 bits per heavy atom. The lowest BCUT2D eigenvalue weighted by Gasteiger charge is -2.06. The zero-order valence-corrected chi connectivity index (χ0v) is 20.0. The Kier molecular flexibility index (Phi) is 5.41. The van der Waals surface area contributed by atoms with Crippen LogP contribution >= 0.6 is 0 Å². The van der Waals surface area contributed by atoms with E-state index in [-0.39, 0.29) is 11.7 Å². The maximum Gasteiger partial charge on any atom is 0.224 e. The van der Waals surface area contributed by atoms with Gasteiger partial charge in [-0.1, -0.05) is 13.0 Å². The normalized spacial score (nSPS) is 11.3. The number of imidazole rings is 1. The highest BCUT2D eigenvalue weighted by atomic mass is 19.1. The Balaban J connectivity index is 1.43. The molecule has 1 amide bonds. The minimum Gasteiger partial charge on any atom is -0.325 e. The molecule has 6 aromatic rings. The molecule has 0 aliphatic carbocycles. The highest BCUT2D eigenvalue weighted by molar-refractivity contribution is 5.96. The number of aromatic nitrogens is 7. The van der Waals surface area contributed by atoms with Crippen molar-refractivity contribution in [3.8, 4) is 33.8 Å². The average Bonchev–Trinajstić information content (AvgIpc) is 3.51. The van der Waals surface area contributed by atoms with Gasteiger partial charge in [0.25, 0.3) is 0 Å². The van der Waals surface area contributed by atoms with Crippen LogP contribution in [0, 0.1) is 12.7 Å². The van der Waals surface area contributed by atoms with Crippen LogP contribution in [0.1, 0.15) is 18.9 Å². The van der Waals surface area contributed by atoms with Crippen molar-refractivity contribution in [1.29, 1.82) is 0 Å². The molecule has 5 aromatic heterocycles. The number of halogens is 1. The van der Waals surface area contributed by atoms with E-state index in [0.717, 1.165) is 33.2 Å². The quantitative estimate of drug-likeness (QED) is 0.295. The summed E-state index contributed by atoms with van der Waals surface area (Å²) < 4.78 is 14.1. The Labute approximate surface area is 210 Å². The zero-order chi connectivity index (χ0) is 25.5. The average molecular weight is 493 g/mol. The highest BCUT2D eigenvalue weighted by Gasteiger charge is 2.17. The summed E-state index contributed by atoms with van der Waals surface area (Å²) in [5.41, 5.74) is 6.88. The van der Waals surface area contributed by atoms with Gasteiger partial charge in [0.1, 0.15) is 17.0 Å². The molecule has 5 heterocycles. The van der Waals surface area contributed by atoms with Crippen LogP contribution in [0.25, 0.3) is 56.0 Å². The van der Waals surface area contributed by atoms with Crippen LogP contribution in [0.4, 0.5) is 10.1 Å². The number of hydrogen-bond acceptors (Lipinski definition) is 6. The van der Waals surface area contributed by atoms with Crippen molar-refractivity contribution in [3.63, 3.8) is 0 Å². The van der Waals surface area contributed by atoms with Crippen molar-refractivity contribution in [2.75, 3.05) is 5.32 Å². The van der Waals surface area contributed by atoms with Crippen molar-refractivity contribution < 1.29 is 9.18 Å². The van der Waals surface area contributed by atoms with Gasteiger partial charge in [-0.3, -0.25) is 14.9 Å². The van der Waals surface area contributed by atoms with Crippen molar-refractivity contribution in [1.82, 2.24) is 35.1 Å². The number of aromatic amines is 2. The SMILES string of the molecule is CCC(=O)Nc1cncc(-c2cnc3[nH]nc(-c4nc5c(-c6cc(C)cc(F)c6)ccnc5[nH]4)c3c2)c1. The van der Waals surface area contributed by atoms with Crippen LogP contribution in [-0.4, -0.2) is 41.0 Å². The Morgan fingerprint density at radius 2 is 1.86 bits per heavy atom. The fourth-order valence-electron chi connectivity index (χ4n) is 4.30. The Morgan fingerprint density at radius 3 is 2.70 bits per heavy atom. The number of carbonyl (C=O) groups is 1. The minimum atomic E-state index is -0.305. The third kappa shape index (κ3) is 4.18. The largest absolute Gasteiger partial charge is 0.325 e. The molecule has 1 aromatic carbocycles. The molecule has 0 fully saturated rings. The molecule has 0 saturated heterocycles. The summed E-state index contributed by atoms with van der Waals surface area (Å²) >= 11 is 0. The number of anilines is 1. The summed E-state index contributed by atoms with van der Waals surface area (Å²) in [5, 5.41) is 11.0. The van der Waals surface area contributed by atoms with E-state index in [2.05, 4.69) is 35.5 Å². The van der Waals surface area contributed by atoms with E-state index in [1.54, 1.807) is 31.7 Å². The highest BCUT2D eigenvalue weighted by Crippen LogP contribution is 2.32. The number of carbonyl (C=O) groups excluding carboxylic acids is 1. The third-order valence-electron chi connectivity index (χ3n) is 6.05. The lowest BCUT2D eigenvalue weighted by molar-refractivity contribution is -0.115. The predicted molar refractivity (Wildman–Crippen MR) is 139 cm³/mol. The number of rotatable bonds is 5. The first-order valence-electron chi connectivity index (χ1n) is 11.7. The molecule has 0 atom stereocenters. The molecule has 182 valence electrons. The number of H-pyrrole nitrogens is 2. The number of pyridine rings is 3. The van der Waals surface area contributed by atoms with Crippen LogP contribution in [0.2, 0.25) is 0 Å². The lowest BCUT2D eigenvalue weighted by Crippen LogP contribution is -2.09. The number of benzene rings is 1. The Bertz CT molecular complexity index is 1790. The van der Waals surface area contributed by atoms with Crippen molar-refractivity contribution in [3.05, 3.63) is 72.6 Å². The number of nitrogens with one attached hydrogen (secondary N) is 3. The van der Waals surface area contributed by atoms with Crippen LogP contribution in [-0.2, 0) is 4.79 Å². The van der Waals surface area contributed by atoms with E-state index in [0.29, 0.717) is 40.4 Å². The molecule has 0 unspecified atom stereocenters. The molecule has 0 aliphatic rings. The minimum absolute atomic E-state index is 0.0871. The standard InChI is InChI=1S/C27H21FN8O/c1-3-22(37)32-19-9-16(11-29-13-19)17-10-21-24(35-36-25(21)31-12-17)27-33-23-20(4-5-30-26(23)34-27)15-6-14(2)7-18(28)8-15/h4-13H,3H2,1-2H3,(H,32,37)(H,30,33,34)(H,31,35,36). The van der Waals surface area contributed by atoms with Gasteiger partial charge in [0.2, 0.25) is 5.91 Å². The number of fused-ring (bicyclic) bond motifs is 2. The summed E-state index contributed by atoms with van der Waals surface area (Å²) in [6.07, 6.45) is 7.08. The van der Waals surface area contributed by atoms with Gasteiger partial charge >= 0.3 is 0 Å². The van der Waals surface area contributed by atoms with Gasteiger partial charge in [-0.15, -0.1) is 0 Å². The van der Waals surface area contributed by atoms with Gasteiger partial charge in [-0.25, -0.2) is 19.3 Å². The van der Waals surface area contributed by atoms with E-state index in [4.69, 9.17) is 4.98 Å². The van der Waals surface area contributed by atoms with Gasteiger partial charge in [0, 0.05) is 41.7 Å². The maximum absolute atomic E-state index is 14.1. The number of hydrogen-bond donors (Lipinski definition) is 3. The van der Waals surface area contributed by atoms with Crippen LogP contribution in [0.5, 0.6) is 0 Å². The molecule has 0 aliphatic heterocycles. The summed E-state index contributed by atoms with van der Waals surface area (Å²) in [7, 11) is 0. The van der Waals surface area contributed by atoms with E-state index in [1.807, 2.05) is 31.2 Å². The van der Waals surface area contributed by atoms with Crippen molar-refractivity contribution in [2.24, 2.45) is 0 Å². The van der Waals surface area contributed by atoms with E-state index >= 15 is 0 Å². The molecule has 0 bridgehead atoms. The Hall–Kier alpha value is -4.99. The second-order valence-corrected chi connectivity index (χ2v) is 8.71. The fraction of sp³-hybridized carbons (Fsp3) is 0.111. The fourth-order valence-corrected chi connectivity index (χ4v) is 4.30. The summed E-state index contributed by atoms with van der Waals surface area (Å²) in [4.78, 5) is 33.0. The molecular formula is C27H21FN8O. The van der Waals surface area contributed by atoms with Crippen molar-refractivity contribution in [2.45, 2.75) is 20.3 Å². The molecule has 0 radical (unpaired) electrons. The molecule has 0 spiro atoms. The topological polar surface area (TPSA) is 125 Å². The molecule has 3 N–H and O–H groups in total. The number of amides is 1. The molecular weight excluding hydrogens is 471 g/mol.